The van der Waals surface area contributed by atoms with Gasteiger partial charge in [0.15, 0.2) is 0 Å². The molecule has 0 radical (unpaired) electrons. The van der Waals surface area contributed by atoms with Crippen LogP contribution in [0.1, 0.15) is 63.9 Å². The number of rotatable bonds is 15. The predicted octanol–water partition coefficient (Wildman–Crippen LogP) is 2.83. The van der Waals surface area contributed by atoms with E-state index >= 15 is 4.39 Å². The SMILES string of the molecule is CC(C)(C)[C@H](c1nc(-c2cc(F)ccc2F)cn1Cc1ccccc1)N(CC[C@H](N)C(=O)NC1CCCC1C(=O)NCCN1C(=O)C=CC1=O)C(=O)CO. The molecule has 5 N–H and O–H groups in total. The van der Waals surface area contributed by atoms with Gasteiger partial charge in [0.1, 0.15) is 24.1 Å². The van der Waals surface area contributed by atoms with Crippen molar-refractivity contribution >= 4 is 29.5 Å². The number of carbonyl (C=O) groups excluding carboxylic acids is 5. The molecule has 2 aromatic carbocycles. The highest BCUT2D eigenvalue weighted by Crippen LogP contribution is 2.39. The van der Waals surface area contributed by atoms with Gasteiger partial charge in [-0.2, -0.15) is 0 Å². The Hall–Kier alpha value is -5.28. The number of hydrogen-bond donors (Lipinski definition) is 4. The third-order valence-corrected chi connectivity index (χ3v) is 9.77. The smallest absolute Gasteiger partial charge is 0.253 e. The van der Waals surface area contributed by atoms with Crippen molar-refractivity contribution in [2.24, 2.45) is 17.1 Å². The average molecular weight is 748 g/mol. The maximum atomic E-state index is 15.0. The average Bonchev–Trinajstić information content (AvgIpc) is 3.85. The molecule has 5 rings (SSSR count). The molecule has 4 atom stereocenters. The summed E-state index contributed by atoms with van der Waals surface area (Å²) in [5.74, 6) is -3.84. The fraction of sp³-hybridized carbons (Fsp3) is 0.436. The number of carbonyl (C=O) groups is 5. The summed E-state index contributed by atoms with van der Waals surface area (Å²) in [7, 11) is 0. The molecule has 0 bridgehead atoms. The van der Waals surface area contributed by atoms with E-state index in [1.54, 1.807) is 10.8 Å². The number of nitrogens with one attached hydrogen (secondary N) is 2. The van der Waals surface area contributed by atoms with Crippen molar-refractivity contribution in [1.29, 1.82) is 0 Å². The number of aromatic nitrogens is 2. The van der Waals surface area contributed by atoms with E-state index in [9.17, 15) is 33.5 Å². The first-order valence-electron chi connectivity index (χ1n) is 18.0. The lowest BCUT2D eigenvalue weighted by molar-refractivity contribution is -0.140. The van der Waals surface area contributed by atoms with E-state index in [0.717, 1.165) is 28.7 Å². The van der Waals surface area contributed by atoms with Gasteiger partial charge in [0.05, 0.1) is 23.7 Å². The molecular formula is C39H47F2N7O6. The zero-order valence-corrected chi connectivity index (χ0v) is 30.6. The molecule has 15 heteroatoms. The summed E-state index contributed by atoms with van der Waals surface area (Å²) < 4.78 is 31.1. The van der Waals surface area contributed by atoms with Gasteiger partial charge in [-0.15, -0.1) is 0 Å². The molecule has 1 aromatic heterocycles. The topological polar surface area (TPSA) is 180 Å². The Bertz CT molecular complexity index is 1880. The van der Waals surface area contributed by atoms with Crippen LogP contribution in [0.2, 0.25) is 0 Å². The number of imidazole rings is 1. The van der Waals surface area contributed by atoms with Crippen molar-refractivity contribution in [3.05, 3.63) is 89.9 Å². The largest absolute Gasteiger partial charge is 0.387 e. The molecule has 288 valence electrons. The number of imide groups is 1. The zero-order chi connectivity index (χ0) is 39.2. The Labute approximate surface area is 312 Å². The van der Waals surface area contributed by atoms with Gasteiger partial charge in [-0.3, -0.25) is 28.9 Å². The summed E-state index contributed by atoms with van der Waals surface area (Å²) in [6.07, 6.45) is 5.70. The number of nitrogens with zero attached hydrogens (tertiary/aromatic N) is 4. The molecule has 2 heterocycles. The minimum Gasteiger partial charge on any atom is -0.387 e. The third-order valence-electron chi connectivity index (χ3n) is 9.77. The zero-order valence-electron chi connectivity index (χ0n) is 30.6. The summed E-state index contributed by atoms with van der Waals surface area (Å²) >= 11 is 0. The summed E-state index contributed by atoms with van der Waals surface area (Å²) in [5.41, 5.74) is 6.66. The molecule has 13 nitrogen and oxygen atoms in total. The van der Waals surface area contributed by atoms with Gasteiger partial charge in [-0.1, -0.05) is 57.5 Å². The van der Waals surface area contributed by atoms with Crippen LogP contribution in [-0.4, -0.2) is 92.3 Å². The van der Waals surface area contributed by atoms with Crippen molar-refractivity contribution in [2.45, 2.75) is 71.1 Å². The van der Waals surface area contributed by atoms with Gasteiger partial charge in [-0.25, -0.2) is 13.8 Å². The van der Waals surface area contributed by atoms with E-state index in [-0.39, 0.29) is 49.8 Å². The van der Waals surface area contributed by atoms with Crippen LogP contribution in [0.5, 0.6) is 0 Å². The Balaban J connectivity index is 1.32. The number of hydrogen-bond acceptors (Lipinski definition) is 8. The lowest BCUT2D eigenvalue weighted by Crippen LogP contribution is -2.51. The second-order valence-electron chi connectivity index (χ2n) is 14.7. The first-order chi connectivity index (χ1) is 25.7. The van der Waals surface area contributed by atoms with E-state index in [1.165, 1.54) is 17.1 Å². The van der Waals surface area contributed by atoms with Crippen LogP contribution in [0.15, 0.2) is 66.9 Å². The highest BCUT2D eigenvalue weighted by molar-refractivity contribution is 6.12. The monoisotopic (exact) mass is 747 g/mol. The van der Waals surface area contributed by atoms with E-state index in [1.807, 2.05) is 51.1 Å². The quantitative estimate of drug-likeness (QED) is 0.172. The second-order valence-corrected chi connectivity index (χ2v) is 14.7. The molecule has 3 aromatic rings. The second kappa shape index (κ2) is 17.2. The third kappa shape index (κ3) is 9.44. The van der Waals surface area contributed by atoms with Crippen LogP contribution in [0.25, 0.3) is 11.3 Å². The van der Waals surface area contributed by atoms with Crippen LogP contribution < -0.4 is 16.4 Å². The summed E-state index contributed by atoms with van der Waals surface area (Å²) in [5, 5.41) is 15.8. The molecular weight excluding hydrogens is 700 g/mol. The van der Waals surface area contributed by atoms with Crippen LogP contribution in [0.4, 0.5) is 8.78 Å². The van der Waals surface area contributed by atoms with Gasteiger partial charge in [0, 0.05) is 56.1 Å². The van der Waals surface area contributed by atoms with Crippen molar-refractivity contribution in [3.8, 4) is 11.3 Å². The number of benzene rings is 2. The van der Waals surface area contributed by atoms with E-state index in [0.29, 0.717) is 25.1 Å². The lowest BCUT2D eigenvalue weighted by Gasteiger charge is -2.40. The molecule has 1 aliphatic heterocycles. The fourth-order valence-corrected chi connectivity index (χ4v) is 7.08. The van der Waals surface area contributed by atoms with E-state index in [4.69, 9.17) is 10.7 Å². The van der Waals surface area contributed by atoms with Crippen LogP contribution in [0.3, 0.4) is 0 Å². The van der Waals surface area contributed by atoms with Gasteiger partial charge < -0.3 is 30.9 Å². The highest BCUT2D eigenvalue weighted by atomic mass is 19.1. The fourth-order valence-electron chi connectivity index (χ4n) is 7.08. The Morgan fingerprint density at radius 2 is 1.76 bits per heavy atom. The first kappa shape index (κ1) is 39.9. The minimum absolute atomic E-state index is 0.00948. The number of nitrogens with two attached hydrogens (primary N) is 1. The van der Waals surface area contributed by atoms with Crippen molar-refractivity contribution < 1.29 is 37.9 Å². The number of amides is 5. The Morgan fingerprint density at radius 3 is 2.43 bits per heavy atom. The van der Waals surface area contributed by atoms with Crippen molar-refractivity contribution in [1.82, 2.24) is 30.0 Å². The van der Waals surface area contributed by atoms with E-state index in [2.05, 4.69) is 10.6 Å². The van der Waals surface area contributed by atoms with Crippen LogP contribution in [0, 0.1) is 23.0 Å². The first-order valence-corrected chi connectivity index (χ1v) is 18.0. The minimum atomic E-state index is -1.09. The lowest BCUT2D eigenvalue weighted by atomic mass is 9.84. The van der Waals surface area contributed by atoms with E-state index < -0.39 is 71.3 Å². The molecule has 1 aliphatic carbocycles. The molecule has 5 amide bonds. The predicted molar refractivity (Wildman–Crippen MR) is 195 cm³/mol. The standard InChI is InChI=1S/C39H47F2N7O6/c1-39(2,3)35(36-44-31(27-20-25(40)12-13-28(27)41)22-46(36)21-24-8-5-4-6-9-24)48(34(52)23-49)18-16-29(42)38(54)45-30-11-7-10-26(30)37(53)43-17-19-47-32(50)14-15-33(47)51/h4-6,8-9,12-15,20,22,26,29-30,35,49H,7,10-11,16-19,21,23,42H2,1-3H3,(H,43,53)(H,45,54)/t26?,29-,30?,35-/m0/s1. The number of halogens is 2. The number of aliphatic hydroxyl groups excluding tert-OH is 1. The highest BCUT2D eigenvalue weighted by Gasteiger charge is 2.39. The maximum absolute atomic E-state index is 15.0. The molecule has 0 spiro atoms. The molecule has 2 unspecified atom stereocenters. The normalized spacial score (nSPS) is 18.2. The Kier molecular flexibility index (Phi) is 12.7. The molecule has 1 fully saturated rings. The van der Waals surface area contributed by atoms with Crippen LogP contribution in [-0.2, 0) is 30.5 Å². The molecule has 0 saturated heterocycles. The Morgan fingerprint density at radius 1 is 1.06 bits per heavy atom. The number of aliphatic hydroxyl groups is 1. The maximum Gasteiger partial charge on any atom is 0.253 e. The summed E-state index contributed by atoms with van der Waals surface area (Å²) in [6.45, 7) is 5.14. The summed E-state index contributed by atoms with van der Waals surface area (Å²) in [6, 6.07) is 10.1. The molecule has 2 aliphatic rings. The van der Waals surface area contributed by atoms with Gasteiger partial charge in [0.2, 0.25) is 17.7 Å². The molecule has 54 heavy (non-hydrogen) atoms. The molecule has 1 saturated carbocycles. The van der Waals surface area contributed by atoms with Gasteiger partial charge in [-0.05, 0) is 48.4 Å². The van der Waals surface area contributed by atoms with Crippen molar-refractivity contribution in [3.63, 3.8) is 0 Å². The van der Waals surface area contributed by atoms with Crippen molar-refractivity contribution in [2.75, 3.05) is 26.2 Å². The van der Waals surface area contributed by atoms with Gasteiger partial charge in [0.25, 0.3) is 11.8 Å². The van der Waals surface area contributed by atoms with Crippen LogP contribution >= 0.6 is 0 Å². The summed E-state index contributed by atoms with van der Waals surface area (Å²) in [4.78, 5) is 70.8. The van der Waals surface area contributed by atoms with Gasteiger partial charge >= 0.3 is 0 Å².